The van der Waals surface area contributed by atoms with Gasteiger partial charge in [-0.1, -0.05) is 13.8 Å². The van der Waals surface area contributed by atoms with Crippen molar-refractivity contribution in [2.75, 3.05) is 46.8 Å². The van der Waals surface area contributed by atoms with Crippen molar-refractivity contribution in [1.82, 2.24) is 20.4 Å². The minimum absolute atomic E-state index is 0.549. The monoisotopic (exact) mass is 258 g/mol. The van der Waals surface area contributed by atoms with Crippen molar-refractivity contribution in [2.45, 2.75) is 19.9 Å². The standard InChI is InChI=1S/C12H26N4S/c1-10(2)7-13-12(17)14-8-11-9-15(3)5-6-16(11)4/h10-11H,5-9H2,1-4H3,(H2,13,14,17). The molecule has 2 N–H and O–H groups in total. The molecule has 1 aliphatic rings. The van der Waals surface area contributed by atoms with Gasteiger partial charge in [0, 0.05) is 38.8 Å². The van der Waals surface area contributed by atoms with Gasteiger partial charge in [0.05, 0.1) is 0 Å². The van der Waals surface area contributed by atoms with Crippen LogP contribution in [-0.4, -0.2) is 67.8 Å². The molecule has 1 saturated heterocycles. The Morgan fingerprint density at radius 1 is 1.29 bits per heavy atom. The highest BCUT2D eigenvalue weighted by molar-refractivity contribution is 7.80. The highest BCUT2D eigenvalue weighted by atomic mass is 32.1. The van der Waals surface area contributed by atoms with Gasteiger partial charge in [0.15, 0.2) is 5.11 Å². The Bertz CT molecular complexity index is 245. The lowest BCUT2D eigenvalue weighted by Crippen LogP contribution is -2.55. The summed E-state index contributed by atoms with van der Waals surface area (Å²) >= 11 is 5.25. The molecule has 17 heavy (non-hydrogen) atoms. The van der Waals surface area contributed by atoms with Crippen molar-refractivity contribution in [2.24, 2.45) is 5.92 Å². The molecule has 1 heterocycles. The SMILES string of the molecule is CC(C)CNC(=S)NCC1CN(C)CCN1C. The molecule has 0 radical (unpaired) electrons. The maximum absolute atomic E-state index is 5.25. The molecule has 1 atom stereocenters. The van der Waals surface area contributed by atoms with E-state index in [1.165, 1.54) is 0 Å². The third-order valence-electron chi connectivity index (χ3n) is 3.15. The van der Waals surface area contributed by atoms with E-state index < -0.39 is 0 Å². The number of piperazine rings is 1. The zero-order chi connectivity index (χ0) is 12.8. The van der Waals surface area contributed by atoms with Crippen LogP contribution in [0.15, 0.2) is 0 Å². The number of nitrogens with zero attached hydrogens (tertiary/aromatic N) is 2. The Balaban J connectivity index is 2.22. The summed E-state index contributed by atoms with van der Waals surface area (Å²) < 4.78 is 0. The van der Waals surface area contributed by atoms with E-state index >= 15 is 0 Å². The molecule has 0 aromatic carbocycles. The Kier molecular flexibility index (Phi) is 6.16. The topological polar surface area (TPSA) is 30.5 Å². The number of rotatable bonds is 4. The minimum Gasteiger partial charge on any atom is -0.362 e. The summed E-state index contributed by atoms with van der Waals surface area (Å²) in [5, 5.41) is 7.32. The third-order valence-corrected chi connectivity index (χ3v) is 3.44. The minimum atomic E-state index is 0.549. The number of likely N-dealkylation sites (N-methyl/N-ethyl adjacent to an activating group) is 2. The normalized spacial score (nSPS) is 22.8. The van der Waals surface area contributed by atoms with E-state index in [1.54, 1.807) is 0 Å². The maximum atomic E-state index is 5.25. The number of hydrogen-bond acceptors (Lipinski definition) is 3. The van der Waals surface area contributed by atoms with E-state index in [0.29, 0.717) is 12.0 Å². The lowest BCUT2D eigenvalue weighted by atomic mass is 10.2. The summed E-state index contributed by atoms with van der Waals surface area (Å²) in [7, 11) is 4.36. The second-order valence-electron chi connectivity index (χ2n) is 5.38. The van der Waals surface area contributed by atoms with Crippen molar-refractivity contribution in [3.63, 3.8) is 0 Å². The Hall–Kier alpha value is -0.390. The van der Waals surface area contributed by atoms with E-state index in [9.17, 15) is 0 Å². The molecule has 0 aliphatic carbocycles. The number of hydrogen-bond donors (Lipinski definition) is 2. The highest BCUT2D eigenvalue weighted by Crippen LogP contribution is 2.04. The molecular weight excluding hydrogens is 232 g/mol. The van der Waals surface area contributed by atoms with Gasteiger partial charge in [-0.15, -0.1) is 0 Å². The van der Waals surface area contributed by atoms with Crippen LogP contribution in [0.4, 0.5) is 0 Å². The van der Waals surface area contributed by atoms with Crippen molar-refractivity contribution in [1.29, 1.82) is 0 Å². The molecule has 0 aromatic heterocycles. The molecule has 0 bridgehead atoms. The maximum Gasteiger partial charge on any atom is 0.166 e. The van der Waals surface area contributed by atoms with E-state index in [-0.39, 0.29) is 0 Å². The van der Waals surface area contributed by atoms with Gasteiger partial charge in [0.1, 0.15) is 0 Å². The average Bonchev–Trinajstić information content (AvgIpc) is 2.27. The molecule has 100 valence electrons. The van der Waals surface area contributed by atoms with Crippen molar-refractivity contribution >= 4 is 17.3 Å². The van der Waals surface area contributed by atoms with Gasteiger partial charge >= 0.3 is 0 Å². The van der Waals surface area contributed by atoms with Gasteiger partial charge in [-0.3, -0.25) is 4.90 Å². The lowest BCUT2D eigenvalue weighted by molar-refractivity contribution is 0.116. The van der Waals surface area contributed by atoms with Crippen LogP contribution in [-0.2, 0) is 0 Å². The Morgan fingerprint density at radius 2 is 2.00 bits per heavy atom. The predicted octanol–water partition coefficient (Wildman–Crippen LogP) is 0.352. The van der Waals surface area contributed by atoms with Crippen LogP contribution in [0.5, 0.6) is 0 Å². The number of nitrogens with one attached hydrogen (secondary N) is 2. The van der Waals surface area contributed by atoms with Crippen LogP contribution < -0.4 is 10.6 Å². The van der Waals surface area contributed by atoms with Crippen molar-refractivity contribution in [3.05, 3.63) is 0 Å². The molecule has 1 unspecified atom stereocenters. The van der Waals surface area contributed by atoms with E-state index in [1.807, 2.05) is 0 Å². The fraction of sp³-hybridized carbons (Fsp3) is 0.917. The second-order valence-corrected chi connectivity index (χ2v) is 5.79. The lowest BCUT2D eigenvalue weighted by Gasteiger charge is -2.37. The van der Waals surface area contributed by atoms with E-state index in [4.69, 9.17) is 12.2 Å². The smallest absolute Gasteiger partial charge is 0.166 e. The summed E-state index contributed by atoms with van der Waals surface area (Å²) in [5.74, 6) is 0.623. The summed E-state index contributed by atoms with van der Waals surface area (Å²) in [5.41, 5.74) is 0. The molecule has 0 spiro atoms. The first-order chi connectivity index (χ1) is 7.99. The van der Waals surface area contributed by atoms with Gasteiger partial charge in [-0.2, -0.15) is 0 Å². The van der Waals surface area contributed by atoms with Gasteiger partial charge < -0.3 is 15.5 Å². The highest BCUT2D eigenvalue weighted by Gasteiger charge is 2.21. The first kappa shape index (κ1) is 14.7. The van der Waals surface area contributed by atoms with Crippen LogP contribution >= 0.6 is 12.2 Å². The van der Waals surface area contributed by atoms with Crippen LogP contribution in [0.2, 0.25) is 0 Å². The zero-order valence-electron chi connectivity index (χ0n) is 11.5. The molecule has 0 aromatic rings. The zero-order valence-corrected chi connectivity index (χ0v) is 12.3. The molecule has 1 fully saturated rings. The van der Waals surface area contributed by atoms with Crippen LogP contribution in [0.3, 0.4) is 0 Å². The van der Waals surface area contributed by atoms with Crippen LogP contribution in [0, 0.1) is 5.92 Å². The summed E-state index contributed by atoms with van der Waals surface area (Å²) in [4.78, 5) is 4.77. The van der Waals surface area contributed by atoms with Crippen molar-refractivity contribution in [3.8, 4) is 0 Å². The van der Waals surface area contributed by atoms with E-state index in [0.717, 1.165) is 37.8 Å². The van der Waals surface area contributed by atoms with Gasteiger partial charge in [-0.25, -0.2) is 0 Å². The van der Waals surface area contributed by atoms with Gasteiger partial charge in [0.2, 0.25) is 0 Å². The second kappa shape index (κ2) is 7.13. The average molecular weight is 258 g/mol. The molecule has 0 amide bonds. The summed E-state index contributed by atoms with van der Waals surface area (Å²) in [6.45, 7) is 9.62. The first-order valence-corrected chi connectivity index (χ1v) is 6.80. The fourth-order valence-electron chi connectivity index (χ4n) is 1.89. The van der Waals surface area contributed by atoms with Crippen molar-refractivity contribution < 1.29 is 0 Å². The van der Waals surface area contributed by atoms with Crippen LogP contribution in [0.1, 0.15) is 13.8 Å². The molecule has 0 saturated carbocycles. The largest absolute Gasteiger partial charge is 0.362 e. The molecule has 1 aliphatic heterocycles. The molecular formula is C12H26N4S. The Labute approximate surface area is 111 Å². The summed E-state index contributed by atoms with van der Waals surface area (Å²) in [6.07, 6.45) is 0. The Morgan fingerprint density at radius 3 is 2.65 bits per heavy atom. The quantitative estimate of drug-likeness (QED) is 0.711. The number of thiocarbonyl (C=S) groups is 1. The van der Waals surface area contributed by atoms with Gasteiger partial charge in [0.25, 0.3) is 0 Å². The summed E-state index contributed by atoms with van der Waals surface area (Å²) in [6, 6.07) is 0.549. The van der Waals surface area contributed by atoms with Crippen LogP contribution in [0.25, 0.3) is 0 Å². The predicted molar refractivity (Wildman–Crippen MR) is 77.4 cm³/mol. The third kappa shape index (κ3) is 5.66. The fourth-order valence-corrected chi connectivity index (χ4v) is 2.06. The van der Waals surface area contributed by atoms with E-state index in [2.05, 4.69) is 48.4 Å². The van der Waals surface area contributed by atoms with Gasteiger partial charge in [-0.05, 0) is 32.2 Å². The molecule has 1 rings (SSSR count). The first-order valence-electron chi connectivity index (χ1n) is 6.39. The molecule has 4 nitrogen and oxygen atoms in total. The molecule has 5 heteroatoms.